The van der Waals surface area contributed by atoms with E-state index in [4.69, 9.17) is 0 Å². The first kappa shape index (κ1) is 15.3. The fourth-order valence-corrected chi connectivity index (χ4v) is 5.31. The van der Waals surface area contributed by atoms with E-state index in [1.807, 2.05) is 46.6 Å². The van der Waals surface area contributed by atoms with E-state index in [1.165, 1.54) is 28.6 Å². The molecular formula is C16H22N2OS2. The molecule has 3 rings (SSSR count). The van der Waals surface area contributed by atoms with Crippen LogP contribution in [0.4, 0.5) is 0 Å². The van der Waals surface area contributed by atoms with Crippen LogP contribution in [0.2, 0.25) is 0 Å². The van der Waals surface area contributed by atoms with Crippen LogP contribution in [-0.2, 0) is 11.3 Å². The topological polar surface area (TPSA) is 32.3 Å². The Kier molecular flexibility index (Phi) is 5.49. The average Bonchev–Trinajstić information content (AvgIpc) is 2.68. The van der Waals surface area contributed by atoms with Crippen molar-refractivity contribution in [1.29, 1.82) is 0 Å². The Balaban J connectivity index is 1.52. The second-order valence-electron chi connectivity index (χ2n) is 5.67. The summed E-state index contributed by atoms with van der Waals surface area (Å²) in [6.45, 7) is 1.59. The van der Waals surface area contributed by atoms with E-state index in [1.54, 1.807) is 0 Å². The lowest BCUT2D eigenvalue weighted by molar-refractivity contribution is -0.128. The molecule has 0 aliphatic carbocycles. The van der Waals surface area contributed by atoms with Crippen molar-refractivity contribution in [3.8, 4) is 0 Å². The number of carbonyl (C=O) groups is 1. The van der Waals surface area contributed by atoms with Gasteiger partial charge < -0.3 is 10.2 Å². The monoisotopic (exact) mass is 322 g/mol. The highest BCUT2D eigenvalue weighted by atomic mass is 32.2. The highest BCUT2D eigenvalue weighted by Gasteiger charge is 2.31. The summed E-state index contributed by atoms with van der Waals surface area (Å²) >= 11 is 4.06. The van der Waals surface area contributed by atoms with E-state index in [9.17, 15) is 4.79 Å². The van der Waals surface area contributed by atoms with Crippen molar-refractivity contribution in [3.63, 3.8) is 0 Å². The molecule has 0 spiro atoms. The van der Waals surface area contributed by atoms with Gasteiger partial charge in [-0.25, -0.2) is 0 Å². The van der Waals surface area contributed by atoms with E-state index in [-0.39, 0.29) is 5.91 Å². The van der Waals surface area contributed by atoms with Crippen LogP contribution in [0.1, 0.15) is 12.0 Å². The Labute approximate surface area is 135 Å². The Morgan fingerprint density at radius 2 is 1.81 bits per heavy atom. The SMILES string of the molecule is O=C1C[C@@H](NC2CSCCSC2)CN1Cc1ccccc1. The second-order valence-corrected chi connectivity index (χ2v) is 7.97. The Hall–Kier alpha value is -0.650. The van der Waals surface area contributed by atoms with Gasteiger partial charge in [-0.05, 0) is 5.56 Å². The van der Waals surface area contributed by atoms with Crippen molar-refractivity contribution in [1.82, 2.24) is 10.2 Å². The van der Waals surface area contributed by atoms with Crippen LogP contribution in [0.25, 0.3) is 0 Å². The first-order valence-electron chi connectivity index (χ1n) is 7.54. The number of amides is 1. The molecule has 3 nitrogen and oxygen atoms in total. The van der Waals surface area contributed by atoms with Crippen molar-refractivity contribution in [3.05, 3.63) is 35.9 Å². The summed E-state index contributed by atoms with van der Waals surface area (Å²) < 4.78 is 0. The van der Waals surface area contributed by atoms with Crippen LogP contribution in [0.3, 0.4) is 0 Å². The lowest BCUT2D eigenvalue weighted by atomic mass is 10.2. The maximum Gasteiger partial charge on any atom is 0.224 e. The highest BCUT2D eigenvalue weighted by Crippen LogP contribution is 2.20. The number of rotatable bonds is 4. The number of carbonyl (C=O) groups excluding carboxylic acids is 1. The average molecular weight is 322 g/mol. The largest absolute Gasteiger partial charge is 0.337 e. The van der Waals surface area contributed by atoms with Crippen molar-refractivity contribution in [2.45, 2.75) is 25.0 Å². The normalized spacial score (nSPS) is 24.3. The third-order valence-corrected chi connectivity index (χ3v) is 6.43. The number of hydrogen-bond donors (Lipinski definition) is 1. The molecule has 2 heterocycles. The number of hydrogen-bond acceptors (Lipinski definition) is 4. The molecule has 0 bridgehead atoms. The quantitative estimate of drug-likeness (QED) is 0.921. The zero-order chi connectivity index (χ0) is 14.5. The van der Waals surface area contributed by atoms with Crippen LogP contribution >= 0.6 is 23.5 Å². The lowest BCUT2D eigenvalue weighted by Gasteiger charge is -2.21. The third-order valence-electron chi connectivity index (χ3n) is 3.91. The summed E-state index contributed by atoms with van der Waals surface area (Å²) in [4.78, 5) is 14.2. The molecule has 0 aromatic heterocycles. The Morgan fingerprint density at radius 1 is 1.10 bits per heavy atom. The van der Waals surface area contributed by atoms with Gasteiger partial charge in [0.05, 0.1) is 0 Å². The van der Waals surface area contributed by atoms with E-state index in [0.29, 0.717) is 18.5 Å². The predicted molar refractivity (Wildman–Crippen MR) is 91.8 cm³/mol. The van der Waals surface area contributed by atoms with Gasteiger partial charge in [-0.3, -0.25) is 4.79 Å². The second kappa shape index (κ2) is 7.56. The molecule has 1 aromatic carbocycles. The first-order valence-corrected chi connectivity index (χ1v) is 9.85. The molecule has 1 amide bonds. The summed E-state index contributed by atoms with van der Waals surface area (Å²) in [7, 11) is 0. The first-order chi connectivity index (χ1) is 10.3. The van der Waals surface area contributed by atoms with Crippen LogP contribution in [0, 0.1) is 0 Å². The molecule has 1 atom stereocenters. The molecule has 114 valence electrons. The molecule has 2 saturated heterocycles. The summed E-state index contributed by atoms with van der Waals surface area (Å²) in [6, 6.07) is 11.1. The summed E-state index contributed by atoms with van der Waals surface area (Å²) in [5, 5.41) is 3.70. The van der Waals surface area contributed by atoms with Gasteiger partial charge in [0.2, 0.25) is 5.91 Å². The predicted octanol–water partition coefficient (Wildman–Crippen LogP) is 2.23. The molecule has 1 N–H and O–H groups in total. The number of likely N-dealkylation sites (tertiary alicyclic amines) is 1. The minimum absolute atomic E-state index is 0.283. The zero-order valence-electron chi connectivity index (χ0n) is 12.2. The molecular weight excluding hydrogens is 300 g/mol. The van der Waals surface area contributed by atoms with Crippen molar-refractivity contribution in [2.24, 2.45) is 0 Å². The maximum atomic E-state index is 12.2. The van der Waals surface area contributed by atoms with Gasteiger partial charge in [-0.15, -0.1) is 0 Å². The smallest absolute Gasteiger partial charge is 0.224 e. The standard InChI is InChI=1S/C16H22N2OS2/c19-16-8-14(17-15-11-20-6-7-21-12-15)10-18(16)9-13-4-2-1-3-5-13/h1-5,14-15,17H,6-12H2/t14-/m1/s1. The summed E-state index contributed by atoms with van der Waals surface area (Å²) in [6.07, 6.45) is 0.651. The van der Waals surface area contributed by atoms with Gasteiger partial charge in [-0.2, -0.15) is 23.5 Å². The van der Waals surface area contributed by atoms with Crippen LogP contribution in [0.5, 0.6) is 0 Å². The van der Waals surface area contributed by atoms with Crippen molar-refractivity contribution < 1.29 is 4.79 Å². The molecule has 2 fully saturated rings. The summed E-state index contributed by atoms with van der Waals surface area (Å²) in [5.41, 5.74) is 1.21. The Morgan fingerprint density at radius 3 is 2.52 bits per heavy atom. The Bertz CT molecular complexity index is 461. The molecule has 2 aliphatic heterocycles. The molecule has 2 aliphatic rings. The van der Waals surface area contributed by atoms with Gasteiger partial charge in [-0.1, -0.05) is 30.3 Å². The fraction of sp³-hybridized carbons (Fsp3) is 0.562. The molecule has 0 radical (unpaired) electrons. The number of thioether (sulfide) groups is 2. The van der Waals surface area contributed by atoms with E-state index >= 15 is 0 Å². The lowest BCUT2D eigenvalue weighted by Crippen LogP contribution is -2.42. The van der Waals surface area contributed by atoms with Gasteiger partial charge in [0, 0.05) is 54.6 Å². The number of nitrogens with zero attached hydrogens (tertiary/aromatic N) is 1. The minimum atomic E-state index is 0.283. The molecule has 0 unspecified atom stereocenters. The third kappa shape index (κ3) is 4.41. The van der Waals surface area contributed by atoms with Gasteiger partial charge in [0.1, 0.15) is 0 Å². The summed E-state index contributed by atoms with van der Waals surface area (Å²) in [5.74, 6) is 5.15. The minimum Gasteiger partial charge on any atom is -0.337 e. The molecule has 21 heavy (non-hydrogen) atoms. The van der Waals surface area contributed by atoms with E-state index in [0.717, 1.165) is 13.1 Å². The molecule has 0 saturated carbocycles. The highest BCUT2D eigenvalue weighted by molar-refractivity contribution is 8.03. The maximum absolute atomic E-state index is 12.2. The van der Waals surface area contributed by atoms with Crippen molar-refractivity contribution >= 4 is 29.4 Å². The molecule has 1 aromatic rings. The van der Waals surface area contributed by atoms with Gasteiger partial charge >= 0.3 is 0 Å². The van der Waals surface area contributed by atoms with Crippen molar-refractivity contribution in [2.75, 3.05) is 29.6 Å². The number of nitrogens with one attached hydrogen (secondary N) is 1. The van der Waals surface area contributed by atoms with E-state index < -0.39 is 0 Å². The van der Waals surface area contributed by atoms with Gasteiger partial charge in [0.25, 0.3) is 0 Å². The van der Waals surface area contributed by atoms with Crippen LogP contribution < -0.4 is 5.32 Å². The van der Waals surface area contributed by atoms with Crippen LogP contribution in [0.15, 0.2) is 30.3 Å². The van der Waals surface area contributed by atoms with Gasteiger partial charge in [0.15, 0.2) is 0 Å². The van der Waals surface area contributed by atoms with Crippen LogP contribution in [-0.4, -0.2) is 52.4 Å². The van der Waals surface area contributed by atoms with E-state index in [2.05, 4.69) is 17.4 Å². The molecule has 5 heteroatoms. The number of benzene rings is 1. The fourth-order valence-electron chi connectivity index (χ4n) is 2.89. The zero-order valence-corrected chi connectivity index (χ0v) is 13.8.